The number of nitrogens with zero attached hydrogens (tertiary/aromatic N) is 2. The zero-order chi connectivity index (χ0) is 33.7. The van der Waals surface area contributed by atoms with E-state index in [0.717, 1.165) is 59.9 Å². The number of hydrogen-bond acceptors (Lipinski definition) is 8. The second kappa shape index (κ2) is 15.1. The molecule has 11 heteroatoms. The van der Waals surface area contributed by atoms with Crippen molar-refractivity contribution in [1.29, 1.82) is 0 Å². The Morgan fingerprint density at radius 1 is 1.02 bits per heavy atom. The van der Waals surface area contributed by atoms with Gasteiger partial charge < -0.3 is 26.1 Å². The lowest BCUT2D eigenvalue weighted by molar-refractivity contribution is -0.122. The number of carbonyl (C=O) groups is 4. The summed E-state index contributed by atoms with van der Waals surface area (Å²) in [5.41, 5.74) is 5.29. The van der Waals surface area contributed by atoms with Crippen molar-refractivity contribution in [2.75, 3.05) is 50.5 Å². The van der Waals surface area contributed by atoms with Gasteiger partial charge in [-0.25, -0.2) is 4.31 Å². The molecule has 3 amide bonds. The molecular formula is C37H46N6O4S. The second-order valence-electron chi connectivity index (χ2n) is 13.4. The third-order valence-corrected chi connectivity index (χ3v) is 11.4. The van der Waals surface area contributed by atoms with Crippen LogP contribution in [-0.2, 0) is 20.1 Å². The molecule has 6 rings (SSSR count). The number of benzene rings is 3. The minimum atomic E-state index is -0.781. The van der Waals surface area contributed by atoms with Crippen LogP contribution in [0.5, 0.6) is 0 Å². The summed E-state index contributed by atoms with van der Waals surface area (Å²) in [5, 5.41) is 14.3. The van der Waals surface area contributed by atoms with Crippen LogP contribution in [0.15, 0.2) is 54.6 Å². The lowest BCUT2D eigenvalue weighted by atomic mass is 9.62. The maximum atomic E-state index is 13.7. The van der Waals surface area contributed by atoms with Gasteiger partial charge >= 0.3 is 0 Å². The first kappa shape index (κ1) is 34.0. The quantitative estimate of drug-likeness (QED) is 0.0890. The predicted molar refractivity (Wildman–Crippen MR) is 192 cm³/mol. The maximum Gasteiger partial charge on any atom is 0.259 e. The third-order valence-electron chi connectivity index (χ3n) is 10.3. The highest BCUT2D eigenvalue weighted by atomic mass is 32.2. The van der Waals surface area contributed by atoms with Gasteiger partial charge in [0.25, 0.3) is 5.91 Å². The first-order valence-corrected chi connectivity index (χ1v) is 17.9. The summed E-state index contributed by atoms with van der Waals surface area (Å²) in [6.45, 7) is 3.65. The first-order valence-electron chi connectivity index (χ1n) is 17.0. The van der Waals surface area contributed by atoms with Crippen LogP contribution >= 0.6 is 11.9 Å². The molecule has 0 aromatic heterocycles. The van der Waals surface area contributed by atoms with Gasteiger partial charge in [-0.3, -0.25) is 19.3 Å². The molecule has 0 bridgehead atoms. The fourth-order valence-electron chi connectivity index (χ4n) is 7.80. The molecule has 0 radical (unpaired) electrons. The fraction of sp³-hybridized carbons (Fsp3) is 0.459. The number of anilines is 2. The number of likely N-dealkylation sites (N-methyl/N-ethyl adjacent to an activating group) is 1. The average molecular weight is 671 g/mol. The molecule has 48 heavy (non-hydrogen) atoms. The third kappa shape index (κ3) is 6.95. The van der Waals surface area contributed by atoms with Crippen molar-refractivity contribution in [2.45, 2.75) is 62.3 Å². The van der Waals surface area contributed by atoms with Crippen LogP contribution in [0.4, 0.5) is 11.4 Å². The Morgan fingerprint density at radius 3 is 2.56 bits per heavy atom. The zero-order valence-electron chi connectivity index (χ0n) is 27.8. The van der Waals surface area contributed by atoms with E-state index >= 15 is 0 Å². The topological polar surface area (TPSA) is 123 Å². The molecule has 2 heterocycles. The Balaban J connectivity index is 1.14. The van der Waals surface area contributed by atoms with Crippen LogP contribution in [0.3, 0.4) is 0 Å². The molecule has 3 aromatic carbocycles. The van der Waals surface area contributed by atoms with Crippen LogP contribution in [-0.4, -0.2) is 81.2 Å². The van der Waals surface area contributed by atoms with Gasteiger partial charge in [-0.15, -0.1) is 0 Å². The Morgan fingerprint density at radius 2 is 1.81 bits per heavy atom. The van der Waals surface area contributed by atoms with Crippen molar-refractivity contribution in [3.63, 3.8) is 0 Å². The molecule has 4 N–H and O–H groups in total. The number of amides is 3. The predicted octanol–water partition coefficient (Wildman–Crippen LogP) is 4.45. The van der Waals surface area contributed by atoms with Crippen molar-refractivity contribution in [2.24, 2.45) is 5.41 Å². The molecule has 1 saturated carbocycles. The van der Waals surface area contributed by atoms with E-state index in [4.69, 9.17) is 0 Å². The van der Waals surface area contributed by atoms with E-state index in [1.54, 1.807) is 18.0 Å². The molecule has 3 aromatic rings. The van der Waals surface area contributed by atoms with Crippen LogP contribution in [0.25, 0.3) is 10.8 Å². The van der Waals surface area contributed by atoms with Gasteiger partial charge in [0, 0.05) is 73.5 Å². The van der Waals surface area contributed by atoms with Crippen molar-refractivity contribution >= 4 is 58.6 Å². The molecule has 2 aliphatic heterocycles. The van der Waals surface area contributed by atoms with Gasteiger partial charge in [-0.1, -0.05) is 42.3 Å². The second-order valence-corrected chi connectivity index (χ2v) is 14.5. The molecule has 3 aliphatic rings. The summed E-state index contributed by atoms with van der Waals surface area (Å²) in [6, 6.07) is 18.3. The number of aldehydes is 1. The van der Waals surface area contributed by atoms with Crippen molar-refractivity contribution < 1.29 is 19.2 Å². The summed E-state index contributed by atoms with van der Waals surface area (Å²) in [5.74, 6) is 0.528. The molecule has 2 unspecified atom stereocenters. The fourth-order valence-corrected chi connectivity index (χ4v) is 9.05. The van der Waals surface area contributed by atoms with E-state index in [1.807, 2.05) is 30.1 Å². The number of hydrogen-bond donors (Lipinski definition) is 4. The van der Waals surface area contributed by atoms with Gasteiger partial charge in [0.2, 0.25) is 12.3 Å². The van der Waals surface area contributed by atoms with Crippen molar-refractivity contribution in [3.8, 4) is 0 Å². The SMILES string of the molecule is CNC(=O)C(CCC=O)N1C(=O)c2cccc3c(C(CCNC=O)CCNc4cccc(CSN5CC6(CC(NC)C6)C5)c4)ccc1c23. The Labute approximate surface area is 286 Å². The largest absolute Gasteiger partial charge is 0.385 e. The van der Waals surface area contributed by atoms with E-state index in [1.165, 1.54) is 31.5 Å². The van der Waals surface area contributed by atoms with E-state index < -0.39 is 6.04 Å². The van der Waals surface area contributed by atoms with E-state index in [0.29, 0.717) is 29.3 Å². The molecule has 254 valence electrons. The zero-order valence-corrected chi connectivity index (χ0v) is 28.6. The van der Waals surface area contributed by atoms with Crippen LogP contribution in [0.2, 0.25) is 0 Å². The molecule has 1 spiro atoms. The summed E-state index contributed by atoms with van der Waals surface area (Å²) in [6.07, 6.45) is 6.07. The van der Waals surface area contributed by atoms with Gasteiger partial charge in [0.1, 0.15) is 12.3 Å². The highest BCUT2D eigenvalue weighted by Gasteiger charge is 2.51. The summed E-state index contributed by atoms with van der Waals surface area (Å²) >= 11 is 1.92. The molecule has 1 saturated heterocycles. The van der Waals surface area contributed by atoms with Gasteiger partial charge in [-0.05, 0) is 85.8 Å². The van der Waals surface area contributed by atoms with Crippen LogP contribution in [0, 0.1) is 5.41 Å². The first-order chi connectivity index (χ1) is 23.4. The Hall–Kier alpha value is -3.93. The van der Waals surface area contributed by atoms with Gasteiger partial charge in [0.15, 0.2) is 0 Å². The minimum absolute atomic E-state index is 0.106. The van der Waals surface area contributed by atoms with E-state index in [9.17, 15) is 19.2 Å². The molecule has 2 fully saturated rings. The van der Waals surface area contributed by atoms with Crippen LogP contribution in [0.1, 0.15) is 65.9 Å². The normalized spacial score (nSPS) is 17.9. The number of nitrogens with one attached hydrogen (secondary N) is 4. The minimum Gasteiger partial charge on any atom is -0.385 e. The summed E-state index contributed by atoms with van der Waals surface area (Å²) in [7, 11) is 3.60. The number of carbonyl (C=O) groups excluding carboxylic acids is 4. The highest BCUT2D eigenvalue weighted by molar-refractivity contribution is 7.96. The highest BCUT2D eigenvalue weighted by Crippen LogP contribution is 2.50. The average Bonchev–Trinajstić information content (AvgIpc) is 3.35. The van der Waals surface area contributed by atoms with E-state index in [-0.39, 0.29) is 30.6 Å². The molecular weight excluding hydrogens is 625 g/mol. The summed E-state index contributed by atoms with van der Waals surface area (Å²) in [4.78, 5) is 50.4. The van der Waals surface area contributed by atoms with E-state index in [2.05, 4.69) is 63.0 Å². The Bertz CT molecular complexity index is 1650. The van der Waals surface area contributed by atoms with Crippen molar-refractivity contribution in [3.05, 3.63) is 71.3 Å². The van der Waals surface area contributed by atoms with Gasteiger partial charge in [0.05, 0.1) is 5.69 Å². The smallest absolute Gasteiger partial charge is 0.259 e. The number of rotatable bonds is 18. The lowest BCUT2D eigenvalue weighted by Crippen LogP contribution is -2.63. The standard InChI is InChI=1S/C37H46N6O4S/c1-38-28-19-37(20-28)22-42(23-37)48-21-25-6-3-7-27(18-25)41-16-14-26(13-15-40-24-45)29-11-12-32-34-30(29)8-4-9-31(34)36(47)43(32)33(10-5-17-44)35(46)39-2/h3-4,6-9,11-12,17-18,24,26,28,33,38,41H,5,10,13-16,19-23H2,1-2H3,(H,39,46)(H,40,45). The molecule has 10 nitrogen and oxygen atoms in total. The monoisotopic (exact) mass is 670 g/mol. The lowest BCUT2D eigenvalue weighted by Gasteiger charge is -2.58. The molecule has 1 aliphatic carbocycles. The summed E-state index contributed by atoms with van der Waals surface area (Å²) < 4.78 is 2.50. The maximum absolute atomic E-state index is 13.7. The van der Waals surface area contributed by atoms with Crippen molar-refractivity contribution in [1.82, 2.24) is 20.3 Å². The van der Waals surface area contributed by atoms with Gasteiger partial charge in [-0.2, -0.15) is 0 Å². The molecule has 2 atom stereocenters. The Kier molecular flexibility index (Phi) is 10.7. The van der Waals surface area contributed by atoms with Crippen LogP contribution < -0.4 is 26.2 Å².